The number of nitrogens with zero attached hydrogens (tertiary/aromatic N) is 1. The number of hydrogen-bond donors (Lipinski definition) is 1. The van der Waals surface area contributed by atoms with Gasteiger partial charge in [-0.3, -0.25) is 9.59 Å². The lowest BCUT2D eigenvalue weighted by molar-refractivity contribution is 0.0851. The minimum atomic E-state index is -0.161. The quantitative estimate of drug-likeness (QED) is 0.775. The maximum absolute atomic E-state index is 12.5. The number of rotatable bonds is 6. The Balaban J connectivity index is 1.30. The molecule has 1 aromatic heterocycles. The lowest BCUT2D eigenvalue weighted by Gasteiger charge is -2.36. The summed E-state index contributed by atoms with van der Waals surface area (Å²) in [5.41, 5.74) is 0.645. The van der Waals surface area contributed by atoms with Crippen molar-refractivity contribution < 1.29 is 18.7 Å². The van der Waals surface area contributed by atoms with Crippen LogP contribution in [-0.2, 0) is 6.61 Å². The fourth-order valence-corrected chi connectivity index (χ4v) is 4.30. The van der Waals surface area contributed by atoms with E-state index in [-0.39, 0.29) is 24.3 Å². The summed E-state index contributed by atoms with van der Waals surface area (Å²) in [6.45, 7) is 1.76. The van der Waals surface area contributed by atoms with Gasteiger partial charge in [0.2, 0.25) is 0 Å². The first kappa shape index (κ1) is 18.7. The first-order valence-electron chi connectivity index (χ1n) is 9.85. The summed E-state index contributed by atoms with van der Waals surface area (Å²) in [5, 5.41) is 3.13. The number of carbonyl (C=O) groups is 2. The van der Waals surface area contributed by atoms with Crippen LogP contribution in [0.15, 0.2) is 40.8 Å². The molecule has 6 nitrogen and oxygen atoms in total. The van der Waals surface area contributed by atoms with Crippen LogP contribution >= 0.6 is 0 Å². The first-order valence-corrected chi connectivity index (χ1v) is 9.85. The Labute approximate surface area is 164 Å². The normalized spacial score (nSPS) is 24.1. The highest BCUT2D eigenvalue weighted by Gasteiger charge is 2.39. The van der Waals surface area contributed by atoms with Crippen LogP contribution in [0.25, 0.3) is 0 Å². The van der Waals surface area contributed by atoms with Crippen molar-refractivity contribution in [1.29, 1.82) is 0 Å². The molecular weight excluding hydrogens is 356 g/mol. The maximum atomic E-state index is 12.5. The molecule has 3 heterocycles. The summed E-state index contributed by atoms with van der Waals surface area (Å²) in [6.07, 6.45) is 4.46. The van der Waals surface area contributed by atoms with E-state index in [1.54, 1.807) is 36.4 Å². The molecule has 2 atom stereocenters. The van der Waals surface area contributed by atoms with Gasteiger partial charge in [0.05, 0.1) is 0 Å². The molecule has 4 rings (SSSR count). The molecule has 6 heteroatoms. The molecule has 2 aliphatic heterocycles. The van der Waals surface area contributed by atoms with Gasteiger partial charge >= 0.3 is 0 Å². The van der Waals surface area contributed by atoms with Crippen LogP contribution in [0.1, 0.15) is 59.3 Å². The fraction of sp³-hybridized carbons (Fsp3) is 0.455. The predicted molar refractivity (Wildman–Crippen MR) is 105 cm³/mol. The standard InChI is InChI=1S/C22H26N2O4/c1-14(25)15-3-7-19(8-4-15)27-13-20-9-10-21(28-20)22(26)23-16-11-17-5-6-18(12-16)24(17)2/h3-4,7-10,16-18H,5-6,11-13H2,1-2H3,(H,23,26). The van der Waals surface area contributed by atoms with Crippen molar-refractivity contribution in [2.24, 2.45) is 0 Å². The number of ketones is 1. The third-order valence-corrected chi connectivity index (χ3v) is 5.96. The zero-order chi connectivity index (χ0) is 19.7. The monoisotopic (exact) mass is 382 g/mol. The Morgan fingerprint density at radius 1 is 1.11 bits per heavy atom. The van der Waals surface area contributed by atoms with Crippen molar-refractivity contribution in [3.8, 4) is 5.75 Å². The maximum Gasteiger partial charge on any atom is 0.287 e. The Morgan fingerprint density at radius 3 is 2.43 bits per heavy atom. The molecule has 1 aromatic carbocycles. The third-order valence-electron chi connectivity index (χ3n) is 5.96. The second kappa shape index (κ2) is 7.80. The van der Waals surface area contributed by atoms with Crippen molar-refractivity contribution >= 4 is 11.7 Å². The largest absolute Gasteiger partial charge is 0.486 e. The van der Waals surface area contributed by atoms with Gasteiger partial charge in [0, 0.05) is 23.7 Å². The average molecular weight is 382 g/mol. The van der Waals surface area contributed by atoms with Crippen LogP contribution in [0.4, 0.5) is 0 Å². The number of ether oxygens (including phenoxy) is 1. The molecule has 2 aromatic rings. The molecule has 0 radical (unpaired) electrons. The van der Waals surface area contributed by atoms with Crippen molar-refractivity contribution in [1.82, 2.24) is 10.2 Å². The highest BCUT2D eigenvalue weighted by molar-refractivity contribution is 5.94. The van der Waals surface area contributed by atoms with E-state index < -0.39 is 0 Å². The zero-order valence-electron chi connectivity index (χ0n) is 16.3. The molecule has 1 amide bonds. The number of benzene rings is 1. The topological polar surface area (TPSA) is 71.8 Å². The minimum absolute atomic E-state index is 0.0193. The van der Waals surface area contributed by atoms with Crippen molar-refractivity contribution in [3.63, 3.8) is 0 Å². The number of Topliss-reactive ketones (excluding diaryl/α,β-unsaturated/α-hetero) is 1. The van der Waals surface area contributed by atoms with Crippen molar-refractivity contribution in [2.75, 3.05) is 7.05 Å². The van der Waals surface area contributed by atoms with Crippen molar-refractivity contribution in [3.05, 3.63) is 53.5 Å². The molecule has 28 heavy (non-hydrogen) atoms. The summed E-state index contributed by atoms with van der Waals surface area (Å²) < 4.78 is 11.3. The van der Waals surface area contributed by atoms with Crippen molar-refractivity contribution in [2.45, 2.75) is 57.3 Å². The lowest BCUT2D eigenvalue weighted by atomic mass is 9.98. The smallest absolute Gasteiger partial charge is 0.287 e. The molecule has 0 saturated carbocycles. The third kappa shape index (κ3) is 3.97. The minimum Gasteiger partial charge on any atom is -0.486 e. The van der Waals surface area contributed by atoms with Gasteiger partial charge in [-0.1, -0.05) is 0 Å². The number of amides is 1. The summed E-state index contributed by atoms with van der Waals surface area (Å²) in [5.74, 6) is 1.41. The number of hydrogen-bond acceptors (Lipinski definition) is 5. The van der Waals surface area contributed by atoms with Gasteiger partial charge in [-0.15, -0.1) is 0 Å². The highest BCUT2D eigenvalue weighted by atomic mass is 16.5. The first-order chi connectivity index (χ1) is 13.5. The molecule has 0 aliphatic carbocycles. The van der Waals surface area contributed by atoms with Crippen LogP contribution in [-0.4, -0.2) is 41.8 Å². The van der Waals surface area contributed by atoms with E-state index >= 15 is 0 Å². The summed E-state index contributed by atoms with van der Waals surface area (Å²) in [6, 6.07) is 11.8. The Kier molecular flexibility index (Phi) is 5.22. The second-order valence-corrected chi connectivity index (χ2v) is 7.83. The molecule has 2 unspecified atom stereocenters. The zero-order valence-corrected chi connectivity index (χ0v) is 16.3. The average Bonchev–Trinajstić information content (AvgIpc) is 3.22. The molecule has 2 aliphatic rings. The summed E-state index contributed by atoms with van der Waals surface area (Å²) >= 11 is 0. The van der Waals surface area contributed by atoms with Crippen LogP contribution in [0.2, 0.25) is 0 Å². The number of fused-ring (bicyclic) bond motifs is 2. The van der Waals surface area contributed by atoms with Crippen LogP contribution in [0, 0.1) is 0 Å². The molecule has 148 valence electrons. The highest BCUT2D eigenvalue weighted by Crippen LogP contribution is 2.34. The molecule has 1 N–H and O–H groups in total. The molecule has 2 saturated heterocycles. The lowest BCUT2D eigenvalue weighted by Crippen LogP contribution is -2.48. The Morgan fingerprint density at radius 2 is 1.79 bits per heavy atom. The van der Waals surface area contributed by atoms with Gasteiger partial charge in [0.15, 0.2) is 11.5 Å². The van der Waals surface area contributed by atoms with E-state index in [2.05, 4.69) is 17.3 Å². The van der Waals surface area contributed by atoms with Crippen LogP contribution in [0.3, 0.4) is 0 Å². The number of nitrogens with one attached hydrogen (secondary N) is 1. The summed E-state index contributed by atoms with van der Waals surface area (Å²) in [7, 11) is 2.19. The van der Waals surface area contributed by atoms with Gasteiger partial charge in [0.25, 0.3) is 5.91 Å². The Bertz CT molecular complexity index is 844. The van der Waals surface area contributed by atoms with Gasteiger partial charge in [-0.25, -0.2) is 0 Å². The Hall–Kier alpha value is -2.60. The predicted octanol–water partition coefficient (Wildman–Crippen LogP) is 3.42. The molecular formula is C22H26N2O4. The van der Waals surface area contributed by atoms with E-state index in [9.17, 15) is 9.59 Å². The molecule has 2 fully saturated rings. The van der Waals surface area contributed by atoms with Crippen LogP contribution < -0.4 is 10.1 Å². The second-order valence-electron chi connectivity index (χ2n) is 7.83. The van der Waals surface area contributed by atoms with E-state index in [0.29, 0.717) is 34.9 Å². The number of piperidine rings is 1. The SMILES string of the molecule is CC(=O)c1ccc(OCc2ccc(C(=O)NC3CC4CCC(C3)N4C)o2)cc1. The van der Waals surface area contributed by atoms with E-state index in [1.165, 1.54) is 19.8 Å². The fourth-order valence-electron chi connectivity index (χ4n) is 4.30. The van der Waals surface area contributed by atoms with Gasteiger partial charge < -0.3 is 19.4 Å². The van der Waals surface area contributed by atoms with E-state index in [1.807, 2.05) is 0 Å². The van der Waals surface area contributed by atoms with Gasteiger partial charge in [-0.05, 0) is 76.1 Å². The van der Waals surface area contributed by atoms with E-state index in [4.69, 9.17) is 9.15 Å². The number of carbonyl (C=O) groups excluding carboxylic acids is 2. The molecule has 0 spiro atoms. The number of furan rings is 1. The molecule has 2 bridgehead atoms. The van der Waals surface area contributed by atoms with E-state index in [0.717, 1.165) is 12.8 Å². The van der Waals surface area contributed by atoms with Crippen LogP contribution in [0.5, 0.6) is 5.75 Å². The van der Waals surface area contributed by atoms with Gasteiger partial charge in [-0.2, -0.15) is 0 Å². The van der Waals surface area contributed by atoms with Gasteiger partial charge in [0.1, 0.15) is 18.1 Å². The summed E-state index contributed by atoms with van der Waals surface area (Å²) in [4.78, 5) is 26.3.